The Labute approximate surface area is 88.2 Å². The van der Waals surface area contributed by atoms with Gasteiger partial charge in [-0.1, -0.05) is 0 Å². The Morgan fingerprint density at radius 3 is 2.54 bits per heavy atom. The van der Waals surface area contributed by atoms with Gasteiger partial charge in [0.05, 0.1) is 0 Å². The molecule has 0 amide bonds. The summed E-state index contributed by atoms with van der Waals surface area (Å²) in [5, 5.41) is 0. The van der Waals surface area contributed by atoms with Crippen molar-refractivity contribution in [2.24, 2.45) is 0 Å². The van der Waals surface area contributed by atoms with Crippen LogP contribution in [0.3, 0.4) is 0 Å². The zero-order chi connectivity index (χ0) is 9.42. The predicted molar refractivity (Wildman–Crippen MR) is 54.6 cm³/mol. The molecule has 0 saturated carbocycles. The van der Waals surface area contributed by atoms with E-state index in [2.05, 4.69) is 46.6 Å². The fourth-order valence-electron chi connectivity index (χ4n) is 2.25. The minimum atomic E-state index is -1.28. The van der Waals surface area contributed by atoms with Gasteiger partial charge < -0.3 is 0 Å². The fraction of sp³-hybridized carbons (Fsp3) is 0.333. The van der Waals surface area contributed by atoms with Crippen molar-refractivity contribution in [2.75, 3.05) is 0 Å². The van der Waals surface area contributed by atoms with E-state index in [1.165, 1.54) is 5.56 Å². The minimum absolute atomic E-state index is 0.862. The van der Waals surface area contributed by atoms with Crippen molar-refractivity contribution in [1.82, 2.24) is 0 Å². The molecule has 0 heterocycles. The van der Waals surface area contributed by atoms with Crippen LogP contribution >= 0.6 is 0 Å². The van der Waals surface area contributed by atoms with Crippen LogP contribution in [-0.2, 0) is 21.4 Å². The van der Waals surface area contributed by atoms with Gasteiger partial charge in [0.15, 0.2) is 0 Å². The van der Waals surface area contributed by atoms with E-state index in [4.69, 9.17) is 0 Å². The van der Waals surface area contributed by atoms with E-state index < -0.39 is 21.4 Å². The second-order valence-corrected chi connectivity index (χ2v) is 13.8. The Kier molecular flexibility index (Phi) is 2.55. The topological polar surface area (TPSA) is 0 Å². The molecule has 1 atom stereocenters. The molecule has 1 aromatic rings. The van der Waals surface area contributed by atoms with E-state index >= 15 is 0 Å². The third kappa shape index (κ3) is 1.59. The van der Waals surface area contributed by atoms with Gasteiger partial charge in [-0.2, -0.15) is 0 Å². The van der Waals surface area contributed by atoms with Gasteiger partial charge in [0.1, 0.15) is 0 Å². The molecule has 2 rings (SSSR count). The number of allylic oxidation sites excluding steroid dienone is 1. The van der Waals surface area contributed by atoms with Crippen LogP contribution in [0.5, 0.6) is 0 Å². The van der Waals surface area contributed by atoms with Crippen LogP contribution in [-0.4, -0.2) is 0 Å². The van der Waals surface area contributed by atoms with Gasteiger partial charge in [-0.3, -0.25) is 0 Å². The van der Waals surface area contributed by atoms with E-state index in [-0.39, 0.29) is 0 Å². The van der Waals surface area contributed by atoms with Gasteiger partial charge in [-0.25, -0.2) is 0 Å². The third-order valence-corrected chi connectivity index (χ3v) is 9.62. The maximum atomic E-state index is 2.51. The van der Waals surface area contributed by atoms with Crippen molar-refractivity contribution < 1.29 is 21.4 Å². The zero-order valence-electron chi connectivity index (χ0n) is 8.46. The summed E-state index contributed by atoms with van der Waals surface area (Å²) in [7, 11) is 0. The van der Waals surface area contributed by atoms with Crippen LogP contribution in [0.15, 0.2) is 29.8 Å². The predicted octanol–water partition coefficient (Wildman–Crippen LogP) is 3.86. The summed E-state index contributed by atoms with van der Waals surface area (Å²) in [6.07, 6.45) is 2.37. The summed E-state index contributed by atoms with van der Waals surface area (Å²) in [5.41, 5.74) is 4.68. The molecule has 67 valence electrons. The SMILES string of the molecule is CC1=Cc2ccccc2[CH]1[Hf]([CH3])[CH3]. The first-order chi connectivity index (χ1) is 6.20. The Morgan fingerprint density at radius 2 is 1.85 bits per heavy atom. The van der Waals surface area contributed by atoms with Crippen LogP contribution < -0.4 is 0 Å². The van der Waals surface area contributed by atoms with Crippen LogP contribution in [0.4, 0.5) is 0 Å². The van der Waals surface area contributed by atoms with E-state index in [1.54, 1.807) is 11.1 Å². The number of benzene rings is 1. The molecule has 13 heavy (non-hydrogen) atoms. The standard InChI is InChI=1S/C10H9.2CH3.Hf/c1-8-6-9-4-2-3-5-10(9)7-8;;;/h2-7H,1H3;2*1H3;. The molecule has 1 aromatic carbocycles. The van der Waals surface area contributed by atoms with E-state index in [1.807, 2.05) is 0 Å². The van der Waals surface area contributed by atoms with Crippen molar-refractivity contribution in [3.63, 3.8) is 0 Å². The Balaban J connectivity index is 2.49. The summed E-state index contributed by atoms with van der Waals surface area (Å²) in [6, 6.07) is 8.87. The van der Waals surface area contributed by atoms with Crippen LogP contribution in [0.2, 0.25) is 9.36 Å². The quantitative estimate of drug-likeness (QED) is 0.683. The molecule has 0 aromatic heterocycles. The molecule has 0 spiro atoms. The number of rotatable bonds is 1. The maximum absolute atomic E-state index is 2.51. The van der Waals surface area contributed by atoms with E-state index in [0.717, 1.165) is 3.67 Å². The van der Waals surface area contributed by atoms with Crippen molar-refractivity contribution in [3.8, 4) is 0 Å². The average molecular weight is 338 g/mol. The summed E-state index contributed by atoms with van der Waals surface area (Å²) < 4.78 is 5.88. The van der Waals surface area contributed by atoms with Gasteiger partial charge in [-0.05, 0) is 0 Å². The molecule has 1 heteroatoms. The average Bonchev–Trinajstić information content (AvgIpc) is 2.39. The van der Waals surface area contributed by atoms with Crippen LogP contribution in [0.1, 0.15) is 21.7 Å². The second-order valence-electron chi connectivity index (χ2n) is 4.03. The third-order valence-electron chi connectivity index (χ3n) is 2.72. The van der Waals surface area contributed by atoms with E-state index in [0.29, 0.717) is 0 Å². The zero-order valence-corrected chi connectivity index (χ0v) is 12.1. The summed E-state index contributed by atoms with van der Waals surface area (Å²) >= 11 is -1.28. The molecule has 1 unspecified atom stereocenters. The fourth-order valence-corrected chi connectivity index (χ4v) is 9.00. The van der Waals surface area contributed by atoms with Gasteiger partial charge in [0.2, 0.25) is 0 Å². The molecule has 0 saturated heterocycles. The number of hydrogen-bond acceptors (Lipinski definition) is 0. The van der Waals surface area contributed by atoms with Gasteiger partial charge >= 0.3 is 88.4 Å². The number of fused-ring (bicyclic) bond motifs is 1. The number of hydrogen-bond donors (Lipinski definition) is 0. The molecule has 0 bridgehead atoms. The van der Waals surface area contributed by atoms with Gasteiger partial charge in [0, 0.05) is 0 Å². The second kappa shape index (κ2) is 3.53. The van der Waals surface area contributed by atoms with Gasteiger partial charge in [0.25, 0.3) is 0 Å². The normalized spacial score (nSPS) is 19.6. The summed E-state index contributed by atoms with van der Waals surface area (Å²) in [4.78, 5) is 0. The molecular weight excluding hydrogens is 323 g/mol. The Bertz CT molecular complexity index is 350. The molecule has 0 nitrogen and oxygen atoms in total. The Hall–Kier alpha value is -0.170. The first kappa shape index (κ1) is 9.39. The van der Waals surface area contributed by atoms with Crippen molar-refractivity contribution in [3.05, 3.63) is 41.0 Å². The monoisotopic (exact) mass is 339 g/mol. The molecule has 1 aliphatic rings. The summed E-state index contributed by atoms with van der Waals surface area (Å²) in [6.45, 7) is 2.29. The summed E-state index contributed by atoms with van der Waals surface area (Å²) in [5.74, 6) is 0. The first-order valence-corrected chi connectivity index (χ1v) is 14.0. The first-order valence-electron chi connectivity index (χ1n) is 4.77. The molecule has 0 aliphatic heterocycles. The molecule has 1 aliphatic carbocycles. The van der Waals surface area contributed by atoms with Crippen molar-refractivity contribution in [1.29, 1.82) is 0 Å². The van der Waals surface area contributed by atoms with Gasteiger partial charge in [-0.15, -0.1) is 0 Å². The van der Waals surface area contributed by atoms with Crippen LogP contribution in [0.25, 0.3) is 6.08 Å². The Morgan fingerprint density at radius 1 is 1.15 bits per heavy atom. The van der Waals surface area contributed by atoms with Crippen LogP contribution in [0, 0.1) is 0 Å². The van der Waals surface area contributed by atoms with Crippen molar-refractivity contribution >= 4 is 6.08 Å². The van der Waals surface area contributed by atoms with E-state index in [9.17, 15) is 0 Å². The van der Waals surface area contributed by atoms with Crippen molar-refractivity contribution in [2.45, 2.75) is 20.0 Å². The molecular formula is C12H15Hf. The molecule has 0 N–H and O–H groups in total. The molecule has 0 fully saturated rings. The molecule has 0 radical (unpaired) electrons.